The van der Waals surface area contributed by atoms with Gasteiger partial charge in [0.05, 0.1) is 6.04 Å². The Kier molecular flexibility index (Phi) is 5.24. The highest BCUT2D eigenvalue weighted by Gasteiger charge is 2.20. The van der Waals surface area contributed by atoms with Gasteiger partial charge in [-0.05, 0) is 43.8 Å². The number of anilines is 1. The molecule has 0 bridgehead atoms. The fraction of sp³-hybridized carbons (Fsp3) is 0.333. The maximum atomic E-state index is 12.8. The Hall–Kier alpha value is -2.57. The molecular formula is C21H24ClN5O. The number of nitrogens with one attached hydrogen (secondary N) is 1. The minimum Gasteiger partial charge on any atom is -0.369 e. The van der Waals surface area contributed by atoms with Crippen molar-refractivity contribution in [3.63, 3.8) is 0 Å². The Labute approximate surface area is 169 Å². The molecule has 1 fully saturated rings. The molecule has 1 amide bonds. The third-order valence-corrected chi connectivity index (χ3v) is 5.58. The van der Waals surface area contributed by atoms with Crippen LogP contribution >= 0.6 is 11.6 Å². The van der Waals surface area contributed by atoms with Crippen molar-refractivity contribution in [2.75, 3.05) is 38.1 Å². The number of likely N-dealkylation sites (N-methyl/N-ethyl adjacent to an activating group) is 1. The second-order valence-corrected chi connectivity index (χ2v) is 7.62. The molecule has 0 saturated carbocycles. The van der Waals surface area contributed by atoms with Crippen LogP contribution in [-0.2, 0) is 0 Å². The fourth-order valence-corrected chi connectivity index (χ4v) is 3.82. The number of carbonyl (C=O) groups excluding carboxylic acids is 1. The van der Waals surface area contributed by atoms with Crippen LogP contribution in [0.3, 0.4) is 0 Å². The highest BCUT2D eigenvalue weighted by molar-refractivity contribution is 6.32. The number of rotatable bonds is 4. The number of imidazole rings is 1. The predicted octanol–water partition coefficient (Wildman–Crippen LogP) is 3.23. The number of aromatic nitrogens is 2. The van der Waals surface area contributed by atoms with Gasteiger partial charge in [-0.15, -0.1) is 0 Å². The van der Waals surface area contributed by atoms with Crippen LogP contribution in [0, 0.1) is 0 Å². The SMILES string of the molecule is C[C@@H](NC(=O)c1c(Cl)nc2ccccn12)c1ccc(N2CCN(C)CC2)cc1. The van der Waals surface area contributed by atoms with Crippen molar-refractivity contribution in [1.29, 1.82) is 0 Å². The van der Waals surface area contributed by atoms with Crippen LogP contribution in [-0.4, -0.2) is 53.4 Å². The number of carbonyl (C=O) groups is 1. The van der Waals surface area contributed by atoms with Crippen LogP contribution in [0.5, 0.6) is 0 Å². The molecule has 146 valence electrons. The summed E-state index contributed by atoms with van der Waals surface area (Å²) in [7, 11) is 2.15. The zero-order chi connectivity index (χ0) is 19.7. The van der Waals surface area contributed by atoms with E-state index in [-0.39, 0.29) is 17.1 Å². The van der Waals surface area contributed by atoms with E-state index in [1.165, 1.54) is 5.69 Å². The lowest BCUT2D eigenvalue weighted by Gasteiger charge is -2.34. The van der Waals surface area contributed by atoms with Crippen LogP contribution in [0.15, 0.2) is 48.7 Å². The fourth-order valence-electron chi connectivity index (χ4n) is 3.56. The van der Waals surface area contributed by atoms with Gasteiger partial charge >= 0.3 is 0 Å². The van der Waals surface area contributed by atoms with Gasteiger partial charge < -0.3 is 15.1 Å². The molecule has 4 rings (SSSR count). The smallest absolute Gasteiger partial charge is 0.272 e. The molecule has 3 heterocycles. The summed E-state index contributed by atoms with van der Waals surface area (Å²) in [6.07, 6.45) is 1.79. The lowest BCUT2D eigenvalue weighted by Crippen LogP contribution is -2.44. The van der Waals surface area contributed by atoms with Crippen molar-refractivity contribution >= 4 is 28.8 Å². The summed E-state index contributed by atoms with van der Waals surface area (Å²) in [6, 6.07) is 13.8. The van der Waals surface area contributed by atoms with Gasteiger partial charge in [-0.1, -0.05) is 29.8 Å². The van der Waals surface area contributed by atoms with E-state index in [1.54, 1.807) is 10.6 Å². The van der Waals surface area contributed by atoms with E-state index >= 15 is 0 Å². The largest absolute Gasteiger partial charge is 0.369 e. The van der Waals surface area contributed by atoms with Gasteiger partial charge in [-0.25, -0.2) is 4.98 Å². The van der Waals surface area contributed by atoms with Crippen molar-refractivity contribution in [3.8, 4) is 0 Å². The van der Waals surface area contributed by atoms with E-state index in [4.69, 9.17) is 11.6 Å². The molecule has 1 atom stereocenters. The molecule has 6 nitrogen and oxygen atoms in total. The first-order chi connectivity index (χ1) is 13.5. The molecule has 1 aromatic carbocycles. The number of hydrogen-bond acceptors (Lipinski definition) is 4. The van der Waals surface area contributed by atoms with Gasteiger partial charge in [0.1, 0.15) is 5.65 Å². The summed E-state index contributed by atoms with van der Waals surface area (Å²) < 4.78 is 1.71. The number of fused-ring (bicyclic) bond motifs is 1. The van der Waals surface area contributed by atoms with Gasteiger partial charge in [-0.2, -0.15) is 0 Å². The second kappa shape index (κ2) is 7.81. The van der Waals surface area contributed by atoms with Crippen LogP contribution < -0.4 is 10.2 Å². The van der Waals surface area contributed by atoms with Gasteiger partial charge in [0, 0.05) is 38.1 Å². The summed E-state index contributed by atoms with van der Waals surface area (Å²) in [5.41, 5.74) is 3.29. The first-order valence-electron chi connectivity index (χ1n) is 9.50. The lowest BCUT2D eigenvalue weighted by atomic mass is 10.1. The summed E-state index contributed by atoms with van der Waals surface area (Å²) in [4.78, 5) is 21.8. The Morgan fingerprint density at radius 3 is 2.54 bits per heavy atom. The first kappa shape index (κ1) is 18.8. The normalized spacial score (nSPS) is 16.3. The Morgan fingerprint density at radius 2 is 1.82 bits per heavy atom. The number of halogens is 1. The van der Waals surface area contributed by atoms with Gasteiger partial charge in [0.25, 0.3) is 5.91 Å². The molecule has 0 aliphatic carbocycles. The van der Waals surface area contributed by atoms with Crippen molar-refractivity contribution in [1.82, 2.24) is 19.6 Å². The molecule has 0 spiro atoms. The molecule has 0 radical (unpaired) electrons. The maximum absolute atomic E-state index is 12.8. The van der Waals surface area contributed by atoms with Crippen LogP contribution in [0.1, 0.15) is 29.0 Å². The highest BCUT2D eigenvalue weighted by atomic mass is 35.5. The molecule has 1 aliphatic rings. The van der Waals surface area contributed by atoms with Crippen molar-refractivity contribution in [2.45, 2.75) is 13.0 Å². The number of hydrogen-bond donors (Lipinski definition) is 1. The van der Waals surface area contributed by atoms with Gasteiger partial charge in [0.2, 0.25) is 0 Å². The monoisotopic (exact) mass is 397 g/mol. The molecule has 3 aromatic rings. The first-order valence-corrected chi connectivity index (χ1v) is 9.87. The van der Waals surface area contributed by atoms with Crippen molar-refractivity contribution in [2.24, 2.45) is 0 Å². The average Bonchev–Trinajstić information content (AvgIpc) is 3.04. The second-order valence-electron chi connectivity index (χ2n) is 7.26. The summed E-state index contributed by atoms with van der Waals surface area (Å²) in [5, 5.41) is 3.24. The Balaban J connectivity index is 1.46. The summed E-state index contributed by atoms with van der Waals surface area (Å²) in [5.74, 6) is -0.237. The van der Waals surface area contributed by atoms with Gasteiger partial charge in [0.15, 0.2) is 10.8 Å². The third-order valence-electron chi connectivity index (χ3n) is 5.31. The topological polar surface area (TPSA) is 52.9 Å². The van der Waals surface area contributed by atoms with Crippen molar-refractivity contribution < 1.29 is 4.79 Å². The predicted molar refractivity (Wildman–Crippen MR) is 112 cm³/mol. The van der Waals surface area contributed by atoms with E-state index in [2.05, 4.69) is 51.4 Å². The molecule has 1 aliphatic heterocycles. The third kappa shape index (κ3) is 3.70. The van der Waals surface area contributed by atoms with Crippen LogP contribution in [0.2, 0.25) is 5.15 Å². The van der Waals surface area contributed by atoms with E-state index in [0.717, 1.165) is 31.7 Å². The quantitative estimate of drug-likeness (QED) is 0.734. The van der Waals surface area contributed by atoms with E-state index < -0.39 is 0 Å². The zero-order valence-electron chi connectivity index (χ0n) is 16.1. The Bertz CT molecular complexity index is 976. The number of benzene rings is 1. The molecule has 0 unspecified atom stereocenters. The standard InChI is InChI=1S/C21H24ClN5O/c1-15(16-6-8-17(9-7-16)26-13-11-25(2)12-14-26)23-21(28)19-20(22)24-18-5-3-4-10-27(18)19/h3-10,15H,11-14H2,1-2H3,(H,23,28)/t15-/m1/s1. The molecular weight excluding hydrogens is 374 g/mol. The van der Waals surface area contributed by atoms with Crippen LogP contribution in [0.4, 0.5) is 5.69 Å². The van der Waals surface area contributed by atoms with E-state index in [0.29, 0.717) is 11.3 Å². The zero-order valence-corrected chi connectivity index (χ0v) is 16.9. The molecule has 28 heavy (non-hydrogen) atoms. The minimum absolute atomic E-state index is 0.139. The van der Waals surface area contributed by atoms with Gasteiger partial charge in [-0.3, -0.25) is 9.20 Å². The molecule has 1 N–H and O–H groups in total. The highest BCUT2D eigenvalue weighted by Crippen LogP contribution is 2.22. The lowest BCUT2D eigenvalue weighted by molar-refractivity contribution is 0.0934. The number of nitrogens with zero attached hydrogens (tertiary/aromatic N) is 4. The number of amides is 1. The maximum Gasteiger partial charge on any atom is 0.272 e. The molecule has 2 aromatic heterocycles. The summed E-state index contributed by atoms with van der Waals surface area (Å²) >= 11 is 6.21. The molecule has 7 heteroatoms. The van der Waals surface area contributed by atoms with E-state index in [9.17, 15) is 4.79 Å². The average molecular weight is 398 g/mol. The Morgan fingerprint density at radius 1 is 1.11 bits per heavy atom. The molecule has 1 saturated heterocycles. The number of piperazine rings is 1. The summed E-state index contributed by atoms with van der Waals surface area (Å²) in [6.45, 7) is 6.20. The number of pyridine rings is 1. The van der Waals surface area contributed by atoms with E-state index in [1.807, 2.05) is 25.1 Å². The van der Waals surface area contributed by atoms with Crippen molar-refractivity contribution in [3.05, 3.63) is 65.1 Å². The minimum atomic E-state index is -0.237. The van der Waals surface area contributed by atoms with Crippen LogP contribution in [0.25, 0.3) is 5.65 Å².